The van der Waals surface area contributed by atoms with Crippen molar-refractivity contribution < 1.29 is 53.2 Å². The van der Waals surface area contributed by atoms with E-state index in [1.54, 1.807) is 27.7 Å². The number of rotatable bonds is 12. The van der Waals surface area contributed by atoms with Gasteiger partial charge in [-0.25, -0.2) is 0 Å². The van der Waals surface area contributed by atoms with Gasteiger partial charge in [-0.2, -0.15) is 0 Å². The Hall–Kier alpha value is -6.30. The SMILES string of the molecule is CCCSc1[nH]c2cc([N+](=O)[O-])ccc2c1C[C@@H]1NC(=O)[C@H]([C@@H](C)CC)NC(=O)[C@@H]2C[C@@H](O)CN2C(=O)[C@H](CC(N)=O)NC(=O)CNC(=O)CNC(=O)[C@H]([C@@H](C)CC)NC(=O)CNC1=O. The minimum absolute atomic E-state index is 0.183. The highest BCUT2D eigenvalue weighted by Gasteiger charge is 2.43. The minimum atomic E-state index is -1.63. The number of aromatic amines is 1. The van der Waals surface area contributed by atoms with Crippen molar-refractivity contribution >= 4 is 81.5 Å². The third-order valence-electron chi connectivity index (χ3n) is 11.4. The molecule has 65 heavy (non-hydrogen) atoms. The van der Waals surface area contributed by atoms with Crippen LogP contribution < -0.4 is 43.0 Å². The molecule has 3 heterocycles. The Balaban J connectivity index is 1.78. The topological polar surface area (TPSA) is 346 Å². The second-order valence-electron chi connectivity index (χ2n) is 16.2. The van der Waals surface area contributed by atoms with Crippen LogP contribution in [0, 0.1) is 22.0 Å². The van der Waals surface area contributed by atoms with Crippen LogP contribution in [-0.4, -0.2) is 141 Å². The van der Waals surface area contributed by atoms with E-state index in [4.69, 9.17) is 5.73 Å². The van der Waals surface area contributed by atoms with Gasteiger partial charge in [0.25, 0.3) is 5.69 Å². The summed E-state index contributed by atoms with van der Waals surface area (Å²) in [6.45, 7) is 6.44. The quantitative estimate of drug-likeness (QED) is 0.0649. The fraction of sp³-hybridized carbons (Fsp3) is 0.585. The third kappa shape index (κ3) is 13.8. The molecule has 1 aromatic heterocycles. The maximum absolute atomic E-state index is 14.4. The van der Waals surface area contributed by atoms with Gasteiger partial charge in [0.05, 0.1) is 47.6 Å². The number of aromatic nitrogens is 1. The van der Waals surface area contributed by atoms with E-state index in [0.717, 1.165) is 11.3 Å². The summed E-state index contributed by atoms with van der Waals surface area (Å²) >= 11 is 1.39. The normalized spacial score (nSPS) is 24.6. The summed E-state index contributed by atoms with van der Waals surface area (Å²) in [7, 11) is 0. The van der Waals surface area contributed by atoms with E-state index < -0.39 is 139 Å². The molecule has 0 unspecified atom stereocenters. The Morgan fingerprint density at radius 2 is 1.45 bits per heavy atom. The summed E-state index contributed by atoms with van der Waals surface area (Å²) in [6.07, 6.45) is -0.940. The van der Waals surface area contributed by atoms with E-state index in [9.17, 15) is 58.4 Å². The number of aliphatic hydroxyl groups is 1. The minimum Gasteiger partial charge on any atom is -0.391 e. The van der Waals surface area contributed by atoms with Crippen molar-refractivity contribution in [1.82, 2.24) is 47.1 Å². The first-order valence-corrected chi connectivity index (χ1v) is 22.5. The number of carbonyl (C=O) groups excluding carboxylic acids is 9. The zero-order valence-corrected chi connectivity index (χ0v) is 37.8. The van der Waals surface area contributed by atoms with Gasteiger partial charge in [0.1, 0.15) is 30.2 Å². The molecule has 0 saturated carbocycles. The largest absolute Gasteiger partial charge is 0.391 e. The standard InChI is InChI=1S/C41H59N11O12S/c1-6-11-65-40-25(24-10-9-22(52(63)64)12-26(24)48-40)14-27-36(58)44-18-33(57)49-34(20(4)7-2)38(60)45-16-31(55)43-17-32(56)46-28(15-30(42)54)41(62)51-19-23(53)13-29(51)37(59)50-35(21(5)8-3)39(61)47-27/h9-10,12,20-21,23,27-29,34-35,48,53H,6-8,11,13-19H2,1-5H3,(H2,42,54)(H,43,55)(H,44,58)(H,45,60)(H,46,56)(H,47,61)(H,49,57)(H,50,59)/t20-,21-,23+,27-,28-,29-,34-,35-/m0/s1. The molecule has 11 N–H and O–H groups in total. The van der Waals surface area contributed by atoms with Crippen LogP contribution >= 0.6 is 11.8 Å². The summed E-state index contributed by atoms with van der Waals surface area (Å²) in [5, 5.41) is 41.0. The fourth-order valence-electron chi connectivity index (χ4n) is 7.38. The van der Waals surface area contributed by atoms with Crippen molar-refractivity contribution in [3.8, 4) is 0 Å². The van der Waals surface area contributed by atoms with Gasteiger partial charge in [-0.15, -0.1) is 11.8 Å². The van der Waals surface area contributed by atoms with E-state index in [1.807, 2.05) is 6.92 Å². The predicted octanol–water partition coefficient (Wildman–Crippen LogP) is -1.65. The first-order valence-electron chi connectivity index (χ1n) is 21.5. The number of nitro benzene ring substituents is 1. The number of hydrogen-bond acceptors (Lipinski definition) is 13. The summed E-state index contributed by atoms with van der Waals surface area (Å²) in [6, 6.07) is -2.81. The zero-order chi connectivity index (χ0) is 48.1. The zero-order valence-electron chi connectivity index (χ0n) is 36.9. The molecule has 0 bridgehead atoms. The maximum atomic E-state index is 14.4. The molecule has 2 aliphatic rings. The number of nitro groups is 1. The van der Waals surface area contributed by atoms with E-state index >= 15 is 0 Å². The molecule has 1 aromatic carbocycles. The average molecular weight is 930 g/mol. The summed E-state index contributed by atoms with van der Waals surface area (Å²) in [5.41, 5.74) is 6.15. The number of benzene rings is 1. The van der Waals surface area contributed by atoms with Gasteiger partial charge in [-0.05, 0) is 35.6 Å². The van der Waals surface area contributed by atoms with Gasteiger partial charge in [0.15, 0.2) is 0 Å². The molecule has 8 atom stereocenters. The van der Waals surface area contributed by atoms with Crippen LogP contribution in [0.3, 0.4) is 0 Å². The number of nitrogens with zero attached hydrogens (tertiary/aromatic N) is 2. The van der Waals surface area contributed by atoms with Gasteiger partial charge >= 0.3 is 0 Å². The second-order valence-corrected chi connectivity index (χ2v) is 17.3. The lowest BCUT2D eigenvalue weighted by atomic mass is 9.96. The van der Waals surface area contributed by atoms with Gasteiger partial charge in [0, 0.05) is 36.9 Å². The molecule has 4 rings (SSSR count). The molecule has 9 amide bonds. The van der Waals surface area contributed by atoms with Gasteiger partial charge < -0.3 is 57.9 Å². The van der Waals surface area contributed by atoms with Gasteiger partial charge in [-0.1, -0.05) is 47.5 Å². The second kappa shape index (κ2) is 23.6. The smallest absolute Gasteiger partial charge is 0.271 e. The van der Waals surface area contributed by atoms with Crippen molar-refractivity contribution in [3.63, 3.8) is 0 Å². The fourth-order valence-corrected chi connectivity index (χ4v) is 8.34. The molecule has 0 radical (unpaired) electrons. The van der Waals surface area contributed by atoms with Crippen LogP contribution in [0.15, 0.2) is 23.2 Å². The number of primary amides is 1. The highest BCUT2D eigenvalue weighted by molar-refractivity contribution is 7.99. The van der Waals surface area contributed by atoms with Crippen molar-refractivity contribution in [2.75, 3.05) is 31.9 Å². The number of non-ortho nitro benzene ring substituents is 1. The van der Waals surface area contributed by atoms with Crippen LogP contribution in [-0.2, 0) is 49.6 Å². The molecule has 356 valence electrons. The number of fused-ring (bicyclic) bond motifs is 2. The average Bonchev–Trinajstić information content (AvgIpc) is 3.83. The molecule has 2 saturated heterocycles. The number of carbonyl (C=O) groups is 9. The lowest BCUT2D eigenvalue weighted by Crippen LogP contribution is -2.60. The molecule has 2 fully saturated rings. The van der Waals surface area contributed by atoms with Crippen molar-refractivity contribution in [3.05, 3.63) is 33.9 Å². The number of nitrogens with one attached hydrogen (secondary N) is 8. The molecule has 2 aliphatic heterocycles. The Kier molecular flexibility index (Phi) is 18.6. The number of thioether (sulfide) groups is 1. The summed E-state index contributed by atoms with van der Waals surface area (Å²) in [4.78, 5) is 136. The maximum Gasteiger partial charge on any atom is 0.271 e. The van der Waals surface area contributed by atoms with Gasteiger partial charge in [0.2, 0.25) is 53.2 Å². The first-order chi connectivity index (χ1) is 30.8. The number of H-pyrrole nitrogens is 1. The van der Waals surface area contributed by atoms with Crippen molar-refractivity contribution in [2.24, 2.45) is 17.6 Å². The van der Waals surface area contributed by atoms with Crippen LogP contribution in [0.4, 0.5) is 5.69 Å². The Morgan fingerprint density at radius 1 is 0.831 bits per heavy atom. The molecule has 0 aliphatic carbocycles. The molecule has 0 spiro atoms. The summed E-state index contributed by atoms with van der Waals surface area (Å²) in [5.74, 6) is -8.20. The van der Waals surface area contributed by atoms with Crippen LogP contribution in [0.25, 0.3) is 10.9 Å². The Labute approximate surface area is 378 Å². The Morgan fingerprint density at radius 3 is 2.08 bits per heavy atom. The number of amides is 9. The molecular weight excluding hydrogens is 871 g/mol. The van der Waals surface area contributed by atoms with Crippen LogP contribution in [0.1, 0.15) is 72.3 Å². The highest BCUT2D eigenvalue weighted by Crippen LogP contribution is 2.33. The van der Waals surface area contributed by atoms with Crippen molar-refractivity contribution in [1.29, 1.82) is 0 Å². The first kappa shape index (κ1) is 51.3. The summed E-state index contributed by atoms with van der Waals surface area (Å²) < 4.78 is 0. The van der Waals surface area contributed by atoms with E-state index in [-0.39, 0.29) is 18.5 Å². The monoisotopic (exact) mass is 929 g/mol. The lowest BCUT2D eigenvalue weighted by molar-refractivity contribution is -0.384. The van der Waals surface area contributed by atoms with Crippen LogP contribution in [0.5, 0.6) is 0 Å². The van der Waals surface area contributed by atoms with Gasteiger partial charge in [-0.3, -0.25) is 53.3 Å². The molecular formula is C41H59N11O12S. The van der Waals surface area contributed by atoms with E-state index in [2.05, 4.69) is 42.2 Å². The Bertz CT molecular complexity index is 2150. The number of hydrogen-bond donors (Lipinski definition) is 10. The van der Waals surface area contributed by atoms with E-state index in [1.165, 1.54) is 30.0 Å². The molecule has 23 nitrogen and oxygen atoms in total. The number of nitrogens with two attached hydrogens (primary N) is 1. The van der Waals surface area contributed by atoms with E-state index in [0.29, 0.717) is 40.1 Å². The molecule has 2 aromatic rings. The number of aliphatic hydroxyl groups excluding tert-OH is 1. The lowest BCUT2D eigenvalue weighted by Gasteiger charge is -2.31. The highest BCUT2D eigenvalue weighted by atomic mass is 32.2. The molecule has 24 heteroatoms. The predicted molar refractivity (Wildman–Crippen MR) is 235 cm³/mol. The van der Waals surface area contributed by atoms with Crippen LogP contribution in [0.2, 0.25) is 0 Å². The third-order valence-corrected chi connectivity index (χ3v) is 12.6. The van der Waals surface area contributed by atoms with Crippen molar-refractivity contribution in [2.45, 2.75) is 114 Å².